The van der Waals surface area contributed by atoms with Crippen molar-refractivity contribution in [1.82, 2.24) is 4.90 Å². The zero-order valence-corrected chi connectivity index (χ0v) is 16.8. The van der Waals surface area contributed by atoms with Crippen molar-refractivity contribution in [2.24, 2.45) is 0 Å². The Kier molecular flexibility index (Phi) is 5.43. The molecule has 1 unspecified atom stereocenters. The fraction of sp³-hybridized carbons (Fsp3) is 0.273. The molecule has 2 fully saturated rings. The molecule has 0 saturated carbocycles. The second-order valence-electron chi connectivity index (χ2n) is 7.19. The molecule has 31 heavy (non-hydrogen) atoms. The minimum absolute atomic E-state index is 0.0474. The summed E-state index contributed by atoms with van der Waals surface area (Å²) in [7, 11) is 0. The Morgan fingerprint density at radius 1 is 0.935 bits per heavy atom. The smallest absolute Gasteiger partial charge is 0.414 e. The molecule has 3 aliphatic rings. The number of anilines is 2. The third-order valence-corrected chi connectivity index (χ3v) is 5.37. The van der Waals surface area contributed by atoms with Gasteiger partial charge in [-0.3, -0.25) is 24.2 Å². The highest BCUT2D eigenvalue weighted by Crippen LogP contribution is 2.28. The number of imide groups is 1. The van der Waals surface area contributed by atoms with E-state index < -0.39 is 24.0 Å². The van der Waals surface area contributed by atoms with E-state index in [2.05, 4.69) is 13.2 Å². The average Bonchev–Trinajstić information content (AvgIpc) is 3.25. The fourth-order valence-electron chi connectivity index (χ4n) is 3.81. The van der Waals surface area contributed by atoms with E-state index in [0.29, 0.717) is 18.8 Å². The van der Waals surface area contributed by atoms with Gasteiger partial charge in [0.15, 0.2) is 0 Å². The summed E-state index contributed by atoms with van der Waals surface area (Å²) in [6.07, 6.45) is 1.41. The second-order valence-corrected chi connectivity index (χ2v) is 7.19. The molecule has 0 spiro atoms. The van der Waals surface area contributed by atoms with Gasteiger partial charge >= 0.3 is 6.09 Å². The Balaban J connectivity index is 1.44. The standard InChI is InChI=1S/C22H21N3O6/c1-3-17-18(4-2)21(28)25(20(17)27)12-16-11-24(22(29)31-16)15-7-5-14(6-8-15)23-9-10-30-13-19(23)26/h3-8,16H,1-2,9-13H2. The molecule has 160 valence electrons. The quantitative estimate of drug-likeness (QED) is 0.642. The monoisotopic (exact) mass is 423 g/mol. The first-order chi connectivity index (χ1) is 14.9. The number of hydrogen-bond acceptors (Lipinski definition) is 6. The highest BCUT2D eigenvalue weighted by atomic mass is 16.6. The van der Waals surface area contributed by atoms with Crippen LogP contribution in [-0.4, -0.2) is 67.7 Å². The molecule has 1 atom stereocenters. The lowest BCUT2D eigenvalue weighted by Gasteiger charge is -2.27. The van der Waals surface area contributed by atoms with Crippen LogP contribution in [0, 0.1) is 0 Å². The molecule has 9 heteroatoms. The maximum absolute atomic E-state index is 12.5. The largest absolute Gasteiger partial charge is 0.442 e. The van der Waals surface area contributed by atoms with E-state index in [1.807, 2.05) is 0 Å². The normalized spacial score (nSPS) is 21.8. The van der Waals surface area contributed by atoms with E-state index in [0.717, 1.165) is 10.6 Å². The van der Waals surface area contributed by atoms with Gasteiger partial charge in [-0.05, 0) is 24.3 Å². The minimum atomic E-state index is -0.670. The molecule has 3 aliphatic heterocycles. The van der Waals surface area contributed by atoms with Crippen molar-refractivity contribution in [1.29, 1.82) is 0 Å². The summed E-state index contributed by atoms with van der Waals surface area (Å²) in [4.78, 5) is 53.4. The number of ether oxygens (including phenoxy) is 2. The summed E-state index contributed by atoms with van der Waals surface area (Å²) < 4.78 is 10.5. The third-order valence-electron chi connectivity index (χ3n) is 5.37. The van der Waals surface area contributed by atoms with E-state index in [-0.39, 0.29) is 36.7 Å². The van der Waals surface area contributed by atoms with Crippen LogP contribution in [-0.2, 0) is 23.9 Å². The lowest BCUT2D eigenvalue weighted by Crippen LogP contribution is -2.41. The van der Waals surface area contributed by atoms with Gasteiger partial charge in [0.1, 0.15) is 12.7 Å². The van der Waals surface area contributed by atoms with Crippen molar-refractivity contribution in [3.8, 4) is 0 Å². The SMILES string of the molecule is C=CC1=C(C=C)C(=O)N(CC2CN(c3ccc(N4CCOCC4=O)cc3)C(=O)O2)C1=O. The van der Waals surface area contributed by atoms with E-state index >= 15 is 0 Å². The van der Waals surface area contributed by atoms with Gasteiger partial charge in [0, 0.05) is 17.9 Å². The average molecular weight is 423 g/mol. The maximum Gasteiger partial charge on any atom is 0.414 e. The Labute approximate surface area is 178 Å². The van der Waals surface area contributed by atoms with Gasteiger partial charge in [-0.2, -0.15) is 0 Å². The molecule has 0 bridgehead atoms. The number of hydrogen-bond donors (Lipinski definition) is 0. The minimum Gasteiger partial charge on any atom is -0.442 e. The van der Waals surface area contributed by atoms with Gasteiger partial charge in [-0.15, -0.1) is 0 Å². The van der Waals surface area contributed by atoms with Crippen molar-refractivity contribution in [3.63, 3.8) is 0 Å². The molecule has 9 nitrogen and oxygen atoms in total. The molecule has 0 radical (unpaired) electrons. The zero-order chi connectivity index (χ0) is 22.1. The first-order valence-corrected chi connectivity index (χ1v) is 9.76. The van der Waals surface area contributed by atoms with Crippen LogP contribution in [0.3, 0.4) is 0 Å². The number of benzene rings is 1. The molecule has 1 aromatic carbocycles. The van der Waals surface area contributed by atoms with Crippen LogP contribution < -0.4 is 9.80 Å². The highest BCUT2D eigenvalue weighted by Gasteiger charge is 2.40. The summed E-state index contributed by atoms with van der Waals surface area (Å²) in [6, 6.07) is 6.95. The molecule has 4 amide bonds. The summed E-state index contributed by atoms with van der Waals surface area (Å²) in [5.41, 5.74) is 1.69. The number of nitrogens with zero attached hydrogens (tertiary/aromatic N) is 3. The van der Waals surface area contributed by atoms with Gasteiger partial charge in [0.2, 0.25) is 0 Å². The maximum atomic E-state index is 12.5. The van der Waals surface area contributed by atoms with Crippen LogP contribution >= 0.6 is 0 Å². The molecular weight excluding hydrogens is 402 g/mol. The van der Waals surface area contributed by atoms with Crippen LogP contribution in [0.25, 0.3) is 0 Å². The van der Waals surface area contributed by atoms with Gasteiger partial charge in [-0.25, -0.2) is 4.79 Å². The molecule has 0 N–H and O–H groups in total. The number of carbonyl (C=O) groups is 4. The van der Waals surface area contributed by atoms with Crippen LogP contribution in [0.1, 0.15) is 0 Å². The fourth-order valence-corrected chi connectivity index (χ4v) is 3.81. The van der Waals surface area contributed by atoms with Crippen molar-refractivity contribution < 1.29 is 28.7 Å². The first kappa shape index (κ1) is 20.5. The van der Waals surface area contributed by atoms with Crippen molar-refractivity contribution in [3.05, 3.63) is 60.7 Å². The summed E-state index contributed by atoms with van der Waals surface area (Å²) >= 11 is 0. The van der Waals surface area contributed by atoms with Crippen molar-refractivity contribution >= 4 is 35.2 Å². The highest BCUT2D eigenvalue weighted by molar-refractivity contribution is 6.21. The number of carbonyl (C=O) groups excluding carboxylic acids is 4. The van der Waals surface area contributed by atoms with Gasteiger partial charge in [0.25, 0.3) is 17.7 Å². The topological polar surface area (TPSA) is 96.5 Å². The molecule has 1 aromatic rings. The molecule has 0 aromatic heterocycles. The Morgan fingerprint density at radius 2 is 1.52 bits per heavy atom. The van der Waals surface area contributed by atoms with E-state index in [1.54, 1.807) is 29.2 Å². The van der Waals surface area contributed by atoms with Crippen LogP contribution in [0.15, 0.2) is 60.7 Å². The molecular formula is C22H21N3O6. The van der Waals surface area contributed by atoms with Gasteiger partial charge in [0.05, 0.1) is 30.8 Å². The van der Waals surface area contributed by atoms with Crippen molar-refractivity contribution in [2.75, 3.05) is 42.6 Å². The summed E-state index contributed by atoms with van der Waals surface area (Å²) in [5, 5.41) is 0. The number of cyclic esters (lactones) is 1. The lowest BCUT2D eigenvalue weighted by atomic mass is 10.1. The van der Waals surface area contributed by atoms with E-state index in [4.69, 9.17) is 9.47 Å². The molecule has 0 aliphatic carbocycles. The number of amides is 4. The number of morpholine rings is 1. The van der Waals surface area contributed by atoms with Crippen molar-refractivity contribution in [2.45, 2.75) is 6.10 Å². The first-order valence-electron chi connectivity index (χ1n) is 9.76. The van der Waals surface area contributed by atoms with E-state index in [1.165, 1.54) is 17.1 Å². The molecule has 3 heterocycles. The molecule has 2 saturated heterocycles. The molecule has 4 rings (SSSR count). The van der Waals surface area contributed by atoms with Crippen LogP contribution in [0.4, 0.5) is 16.2 Å². The Hall–Kier alpha value is -3.72. The Bertz CT molecular complexity index is 983. The summed E-state index contributed by atoms with van der Waals surface area (Å²) in [6.45, 7) is 8.25. The Morgan fingerprint density at radius 3 is 2.06 bits per heavy atom. The van der Waals surface area contributed by atoms with Crippen LogP contribution in [0.2, 0.25) is 0 Å². The predicted octanol–water partition coefficient (Wildman–Crippen LogP) is 1.41. The zero-order valence-electron chi connectivity index (χ0n) is 16.8. The second kappa shape index (κ2) is 8.19. The predicted molar refractivity (Wildman–Crippen MR) is 111 cm³/mol. The number of rotatable bonds is 6. The van der Waals surface area contributed by atoms with Gasteiger partial charge in [-0.1, -0.05) is 25.3 Å². The lowest BCUT2D eigenvalue weighted by molar-refractivity contribution is -0.138. The van der Waals surface area contributed by atoms with E-state index in [9.17, 15) is 19.2 Å². The summed E-state index contributed by atoms with van der Waals surface area (Å²) in [5.74, 6) is -1.08. The van der Waals surface area contributed by atoms with Gasteiger partial charge < -0.3 is 14.4 Å². The third kappa shape index (κ3) is 3.64. The van der Waals surface area contributed by atoms with Crippen LogP contribution in [0.5, 0.6) is 0 Å².